The minimum Gasteiger partial charge on any atom is -0.495 e. The van der Waals surface area contributed by atoms with Gasteiger partial charge in [-0.3, -0.25) is 4.79 Å². The average molecular weight is 479 g/mol. The molecule has 5 rings (SSSR count). The first kappa shape index (κ1) is 23.6. The van der Waals surface area contributed by atoms with E-state index >= 15 is 0 Å². The molecule has 0 radical (unpaired) electrons. The van der Waals surface area contributed by atoms with Gasteiger partial charge in [0.1, 0.15) is 11.5 Å². The zero-order valence-electron chi connectivity index (χ0n) is 20.8. The van der Waals surface area contributed by atoms with E-state index in [4.69, 9.17) is 14.3 Å². The van der Waals surface area contributed by atoms with E-state index in [0.29, 0.717) is 37.1 Å². The van der Waals surface area contributed by atoms with Crippen molar-refractivity contribution in [3.8, 4) is 11.4 Å². The van der Waals surface area contributed by atoms with Crippen LogP contribution in [0.1, 0.15) is 49.8 Å². The molecule has 0 amide bonds. The first-order chi connectivity index (χ1) is 17.0. The molecular formula is C27H34N4O4. The largest absolute Gasteiger partial charge is 0.495 e. The van der Waals surface area contributed by atoms with Gasteiger partial charge in [0.05, 0.1) is 24.8 Å². The summed E-state index contributed by atoms with van der Waals surface area (Å²) in [6, 6.07) is 6.10. The number of aryl methyl sites for hydroxylation is 1. The van der Waals surface area contributed by atoms with E-state index in [2.05, 4.69) is 21.1 Å². The van der Waals surface area contributed by atoms with Crippen molar-refractivity contribution < 1.29 is 19.1 Å². The minimum atomic E-state index is -0.456. The maximum Gasteiger partial charge on any atom is 0.212 e. The Hall–Kier alpha value is -3.13. The molecule has 2 bridgehead atoms. The highest BCUT2D eigenvalue weighted by atomic mass is 16.7. The number of aromatic nitrogens is 2. The Balaban J connectivity index is 1.36. The van der Waals surface area contributed by atoms with Gasteiger partial charge < -0.3 is 23.8 Å². The standard InChI is InChI=1S/C27H34N4O4/c1-19-17-30(18-28-19)24-7-5-20(14-25(24)34-3)6-8-26-29-35-27(31(26)9-4-10-33-2)15-21-11-22(16-27)13-23(32)12-21/h5-8,14,17-18,21-22H,4,9-13,15-16H2,1-3H3/t21-,22+,27?. The third-order valence-electron chi connectivity index (χ3n) is 7.34. The smallest absolute Gasteiger partial charge is 0.212 e. The lowest BCUT2D eigenvalue weighted by molar-refractivity contribution is -0.159. The van der Waals surface area contributed by atoms with Crippen molar-refractivity contribution in [2.24, 2.45) is 17.0 Å². The zero-order valence-corrected chi connectivity index (χ0v) is 20.8. The Morgan fingerprint density at radius 3 is 2.69 bits per heavy atom. The summed E-state index contributed by atoms with van der Waals surface area (Å²) in [7, 11) is 3.40. The number of amidine groups is 1. The summed E-state index contributed by atoms with van der Waals surface area (Å²) in [6.45, 7) is 3.45. The van der Waals surface area contributed by atoms with Gasteiger partial charge >= 0.3 is 0 Å². The van der Waals surface area contributed by atoms with E-state index in [1.54, 1.807) is 20.5 Å². The molecule has 2 saturated carbocycles. The zero-order chi connectivity index (χ0) is 24.4. The Kier molecular flexibility index (Phi) is 6.65. The molecule has 8 nitrogen and oxygen atoms in total. The average Bonchev–Trinajstić information content (AvgIpc) is 3.40. The molecule has 0 saturated heterocycles. The van der Waals surface area contributed by atoms with Crippen molar-refractivity contribution in [1.29, 1.82) is 0 Å². The number of ether oxygens (including phenoxy) is 2. The highest BCUT2D eigenvalue weighted by Gasteiger charge is 2.52. The number of carbonyl (C=O) groups excluding carboxylic acids is 1. The number of hydrogen-bond acceptors (Lipinski definition) is 7. The van der Waals surface area contributed by atoms with Crippen molar-refractivity contribution in [2.75, 3.05) is 27.4 Å². The van der Waals surface area contributed by atoms with Gasteiger partial charge in [0.15, 0.2) is 5.84 Å². The Morgan fingerprint density at radius 1 is 1.20 bits per heavy atom. The number of Topliss-reactive ketones (excluding diaryl/α,β-unsaturated/α-hetero) is 1. The molecule has 35 heavy (non-hydrogen) atoms. The molecule has 186 valence electrons. The van der Waals surface area contributed by atoms with Crippen LogP contribution in [-0.4, -0.2) is 59.2 Å². The van der Waals surface area contributed by atoms with Gasteiger partial charge in [0, 0.05) is 52.1 Å². The molecule has 1 spiro atoms. The lowest BCUT2D eigenvalue weighted by Gasteiger charge is -2.47. The van der Waals surface area contributed by atoms with Crippen LogP contribution in [0.25, 0.3) is 11.8 Å². The summed E-state index contributed by atoms with van der Waals surface area (Å²) in [5.74, 6) is 2.74. The van der Waals surface area contributed by atoms with Crippen LogP contribution >= 0.6 is 0 Å². The highest BCUT2D eigenvalue weighted by Crippen LogP contribution is 2.48. The number of oxime groups is 1. The summed E-state index contributed by atoms with van der Waals surface area (Å²) >= 11 is 0. The fourth-order valence-corrected chi connectivity index (χ4v) is 5.94. The molecule has 1 unspecified atom stereocenters. The molecule has 2 fully saturated rings. The van der Waals surface area contributed by atoms with Crippen molar-refractivity contribution in [2.45, 2.75) is 51.2 Å². The Labute approximate surface area is 206 Å². The first-order valence-electron chi connectivity index (χ1n) is 12.4. The van der Waals surface area contributed by atoms with Gasteiger partial charge in [-0.25, -0.2) is 4.98 Å². The normalized spacial score (nSPS) is 25.9. The second kappa shape index (κ2) is 9.85. The van der Waals surface area contributed by atoms with E-state index < -0.39 is 5.72 Å². The lowest BCUT2D eigenvalue weighted by Crippen LogP contribution is -2.54. The maximum atomic E-state index is 12.1. The molecule has 8 heteroatoms. The van der Waals surface area contributed by atoms with Gasteiger partial charge in [0.25, 0.3) is 0 Å². The van der Waals surface area contributed by atoms with Crippen molar-refractivity contribution in [1.82, 2.24) is 14.5 Å². The van der Waals surface area contributed by atoms with Crippen LogP contribution in [0, 0.1) is 18.8 Å². The lowest BCUT2D eigenvalue weighted by atomic mass is 9.68. The van der Waals surface area contributed by atoms with E-state index in [1.165, 1.54) is 0 Å². The number of nitrogens with zero attached hydrogens (tertiary/aromatic N) is 4. The van der Waals surface area contributed by atoms with Crippen molar-refractivity contribution in [3.63, 3.8) is 0 Å². The van der Waals surface area contributed by atoms with Gasteiger partial charge in [-0.2, -0.15) is 0 Å². The molecule has 2 aromatic rings. The van der Waals surface area contributed by atoms with Gasteiger partial charge in [0.2, 0.25) is 5.72 Å². The molecule has 1 aromatic heterocycles. The second-order valence-corrected chi connectivity index (χ2v) is 9.99. The van der Waals surface area contributed by atoms with Crippen LogP contribution in [0.5, 0.6) is 5.75 Å². The fraction of sp³-hybridized carbons (Fsp3) is 0.519. The number of benzene rings is 1. The minimum absolute atomic E-state index is 0.377. The van der Waals surface area contributed by atoms with Gasteiger partial charge in [-0.05, 0) is 55.4 Å². The first-order valence-corrected chi connectivity index (χ1v) is 12.4. The summed E-state index contributed by atoms with van der Waals surface area (Å²) in [6.07, 6.45) is 12.9. The van der Waals surface area contributed by atoms with E-state index in [0.717, 1.165) is 60.8 Å². The molecule has 0 N–H and O–H groups in total. The third-order valence-corrected chi connectivity index (χ3v) is 7.34. The molecule has 2 heterocycles. The van der Waals surface area contributed by atoms with Crippen LogP contribution in [0.4, 0.5) is 0 Å². The summed E-state index contributed by atoms with van der Waals surface area (Å²) in [5.41, 5.74) is 2.45. The number of carbonyl (C=O) groups is 1. The Morgan fingerprint density at radius 2 is 2.00 bits per heavy atom. The van der Waals surface area contributed by atoms with Crippen LogP contribution < -0.4 is 4.74 Å². The molecule has 2 aliphatic carbocycles. The monoisotopic (exact) mass is 478 g/mol. The number of hydrogen-bond donors (Lipinski definition) is 0. The number of ketones is 1. The summed E-state index contributed by atoms with van der Waals surface area (Å²) in [4.78, 5) is 25.0. The quantitative estimate of drug-likeness (QED) is 0.525. The van der Waals surface area contributed by atoms with Crippen LogP contribution in [0.2, 0.25) is 0 Å². The van der Waals surface area contributed by atoms with Gasteiger partial charge in [-0.1, -0.05) is 17.3 Å². The van der Waals surface area contributed by atoms with Crippen LogP contribution in [-0.2, 0) is 14.4 Å². The highest BCUT2D eigenvalue weighted by molar-refractivity contribution is 5.97. The molecule has 1 aliphatic heterocycles. The third kappa shape index (κ3) is 4.85. The SMILES string of the molecule is COCCCN1C(C=Cc2ccc(-n3cnc(C)c3)c(OC)c2)=NOC12C[C@@H]1CC(=O)C[C@@H](C1)C2. The van der Waals surface area contributed by atoms with Crippen molar-refractivity contribution in [3.05, 3.63) is 48.1 Å². The number of fused-ring (bicyclic) bond motifs is 2. The number of imidazole rings is 1. The number of methoxy groups -OCH3 is 2. The molecular weight excluding hydrogens is 444 g/mol. The maximum absolute atomic E-state index is 12.1. The van der Waals surface area contributed by atoms with Gasteiger partial charge in [-0.15, -0.1) is 0 Å². The molecule has 3 atom stereocenters. The Bertz CT molecular complexity index is 1120. The molecule has 3 aliphatic rings. The molecule has 1 aromatic carbocycles. The summed E-state index contributed by atoms with van der Waals surface area (Å²) in [5, 5.41) is 4.53. The second-order valence-electron chi connectivity index (χ2n) is 9.99. The predicted molar refractivity (Wildman–Crippen MR) is 133 cm³/mol. The van der Waals surface area contributed by atoms with E-state index in [1.807, 2.05) is 42.0 Å². The van der Waals surface area contributed by atoms with Crippen LogP contribution in [0.15, 0.2) is 42.0 Å². The summed E-state index contributed by atoms with van der Waals surface area (Å²) < 4.78 is 12.9. The number of rotatable bonds is 8. The van der Waals surface area contributed by atoms with E-state index in [9.17, 15) is 4.79 Å². The van der Waals surface area contributed by atoms with E-state index in [-0.39, 0.29) is 0 Å². The predicted octanol–water partition coefficient (Wildman–Crippen LogP) is 4.36. The topological polar surface area (TPSA) is 78.2 Å². The fourth-order valence-electron chi connectivity index (χ4n) is 5.94. The van der Waals surface area contributed by atoms with Crippen LogP contribution in [0.3, 0.4) is 0 Å². The van der Waals surface area contributed by atoms with Crippen molar-refractivity contribution >= 4 is 17.7 Å².